The van der Waals surface area contributed by atoms with Crippen LogP contribution in [-0.2, 0) is 21.1 Å². The van der Waals surface area contributed by atoms with Crippen molar-refractivity contribution in [3.63, 3.8) is 0 Å². The molecule has 2 aliphatic heterocycles. The molecule has 2 heterocycles. The van der Waals surface area contributed by atoms with Crippen LogP contribution in [0.15, 0.2) is 29.3 Å². The summed E-state index contributed by atoms with van der Waals surface area (Å²) in [7, 11) is -1.32. The van der Waals surface area contributed by atoms with E-state index in [4.69, 9.17) is 4.74 Å². The predicted molar refractivity (Wildman–Crippen MR) is 119 cm³/mol. The number of hydrogen-bond acceptors (Lipinski definition) is 5. The summed E-state index contributed by atoms with van der Waals surface area (Å²) in [5.41, 5.74) is 1.21. The second-order valence-corrected chi connectivity index (χ2v) is 9.08. The molecule has 1 aromatic carbocycles. The highest BCUT2D eigenvalue weighted by Crippen LogP contribution is 2.27. The Morgan fingerprint density at radius 2 is 2.07 bits per heavy atom. The van der Waals surface area contributed by atoms with E-state index in [1.807, 2.05) is 18.2 Å². The van der Waals surface area contributed by atoms with Crippen LogP contribution in [0.4, 0.5) is 0 Å². The maximum atomic E-state index is 11.9. The molecule has 2 aliphatic rings. The molecule has 1 amide bonds. The average molecular weight is 522 g/mol. The van der Waals surface area contributed by atoms with E-state index in [0.29, 0.717) is 25.5 Å². The Morgan fingerprint density at radius 1 is 1.29 bits per heavy atom. The summed E-state index contributed by atoms with van der Waals surface area (Å²) in [4.78, 5) is 16.1. The van der Waals surface area contributed by atoms with Crippen molar-refractivity contribution in [3.05, 3.63) is 29.8 Å². The molecular weight excluding hydrogens is 495 g/mol. The number of nitrogens with one attached hydrogen (secondary N) is 3. The second kappa shape index (κ2) is 10.3. The number of amides is 1. The standard InChI is InChI=1S/C18H26N4O4S.HI/c1-19-18(21-11-15-10-13-4-2-3-5-16(13)26-15)20-8-6-17(23)22-14-7-9-27(24,25)12-14;/h2-5,14-15H,6-12H2,1H3,(H,22,23)(H2,19,20,21);1H. The molecule has 0 spiro atoms. The number of carbonyl (C=O) groups is 1. The fourth-order valence-electron chi connectivity index (χ4n) is 3.30. The maximum Gasteiger partial charge on any atom is 0.222 e. The molecule has 0 aromatic heterocycles. The van der Waals surface area contributed by atoms with Crippen LogP contribution < -0.4 is 20.7 Å². The molecule has 1 aromatic rings. The fourth-order valence-corrected chi connectivity index (χ4v) is 4.98. The van der Waals surface area contributed by atoms with Gasteiger partial charge in [0.05, 0.1) is 18.1 Å². The number of fused-ring (bicyclic) bond motifs is 1. The maximum absolute atomic E-state index is 11.9. The van der Waals surface area contributed by atoms with Crippen LogP contribution in [0.25, 0.3) is 0 Å². The van der Waals surface area contributed by atoms with Gasteiger partial charge in [-0.05, 0) is 18.1 Å². The van der Waals surface area contributed by atoms with Gasteiger partial charge in [0.15, 0.2) is 15.8 Å². The van der Waals surface area contributed by atoms with E-state index in [-0.39, 0.29) is 60.0 Å². The number of rotatable bonds is 6. The average Bonchev–Trinajstić information content (AvgIpc) is 3.20. The zero-order chi connectivity index (χ0) is 19.3. The SMILES string of the molecule is CN=C(NCCC(=O)NC1CCS(=O)(=O)C1)NCC1Cc2ccccc2O1.I. The number of para-hydroxylation sites is 1. The van der Waals surface area contributed by atoms with Crippen LogP contribution in [0.5, 0.6) is 5.75 Å². The van der Waals surface area contributed by atoms with Crippen LogP contribution in [0.1, 0.15) is 18.4 Å². The van der Waals surface area contributed by atoms with Crippen LogP contribution in [0.3, 0.4) is 0 Å². The summed E-state index contributed by atoms with van der Waals surface area (Å²) in [6.07, 6.45) is 1.65. The molecule has 0 bridgehead atoms. The summed E-state index contributed by atoms with van der Waals surface area (Å²) in [5, 5.41) is 9.07. The first-order valence-corrected chi connectivity index (χ1v) is 11.0. The largest absolute Gasteiger partial charge is 0.488 e. The van der Waals surface area contributed by atoms with E-state index >= 15 is 0 Å². The molecule has 2 unspecified atom stereocenters. The molecule has 28 heavy (non-hydrogen) atoms. The van der Waals surface area contributed by atoms with Crippen molar-refractivity contribution in [1.82, 2.24) is 16.0 Å². The molecule has 3 rings (SSSR count). The number of guanidine groups is 1. The molecule has 1 saturated heterocycles. The van der Waals surface area contributed by atoms with Gasteiger partial charge in [0.25, 0.3) is 0 Å². The Kier molecular flexibility index (Phi) is 8.35. The first-order valence-electron chi connectivity index (χ1n) is 9.14. The zero-order valence-corrected chi connectivity index (χ0v) is 19.0. The Morgan fingerprint density at radius 3 is 2.75 bits per heavy atom. The lowest BCUT2D eigenvalue weighted by Crippen LogP contribution is -2.44. The summed E-state index contributed by atoms with van der Waals surface area (Å²) >= 11 is 0. The Hall–Kier alpha value is -1.56. The minimum absolute atomic E-state index is 0. The van der Waals surface area contributed by atoms with Gasteiger partial charge in [-0.1, -0.05) is 18.2 Å². The van der Waals surface area contributed by atoms with E-state index in [0.717, 1.165) is 12.2 Å². The molecule has 3 N–H and O–H groups in total. The van der Waals surface area contributed by atoms with E-state index in [2.05, 4.69) is 27.0 Å². The smallest absolute Gasteiger partial charge is 0.222 e. The van der Waals surface area contributed by atoms with Gasteiger partial charge >= 0.3 is 0 Å². The van der Waals surface area contributed by atoms with Gasteiger partial charge < -0.3 is 20.7 Å². The van der Waals surface area contributed by atoms with Crippen molar-refractivity contribution in [2.75, 3.05) is 31.6 Å². The third-order valence-electron chi connectivity index (χ3n) is 4.68. The van der Waals surface area contributed by atoms with Crippen molar-refractivity contribution in [2.45, 2.75) is 31.4 Å². The van der Waals surface area contributed by atoms with Crippen molar-refractivity contribution in [2.24, 2.45) is 4.99 Å². The van der Waals surface area contributed by atoms with E-state index in [1.54, 1.807) is 7.05 Å². The fraction of sp³-hybridized carbons (Fsp3) is 0.556. The van der Waals surface area contributed by atoms with Crippen LogP contribution in [0, 0.1) is 0 Å². The molecule has 156 valence electrons. The first-order chi connectivity index (χ1) is 12.9. The number of ether oxygens (including phenoxy) is 1. The van der Waals surface area contributed by atoms with Gasteiger partial charge in [-0.3, -0.25) is 9.79 Å². The number of nitrogens with zero attached hydrogens (tertiary/aromatic N) is 1. The van der Waals surface area contributed by atoms with Crippen LogP contribution in [-0.4, -0.2) is 64.1 Å². The van der Waals surface area contributed by atoms with E-state index < -0.39 is 9.84 Å². The minimum atomic E-state index is -2.99. The Balaban J connectivity index is 0.00000280. The molecular formula is C18H27IN4O4S. The summed E-state index contributed by atoms with van der Waals surface area (Å²) < 4.78 is 28.7. The summed E-state index contributed by atoms with van der Waals surface area (Å²) in [6.45, 7) is 1.03. The van der Waals surface area contributed by atoms with Gasteiger partial charge in [0.1, 0.15) is 11.9 Å². The van der Waals surface area contributed by atoms with Crippen LogP contribution >= 0.6 is 24.0 Å². The molecule has 0 aliphatic carbocycles. The van der Waals surface area contributed by atoms with Crippen molar-refractivity contribution >= 4 is 45.7 Å². The predicted octanol–water partition coefficient (Wildman–Crippen LogP) is 0.467. The first kappa shape index (κ1) is 22.7. The molecule has 0 saturated carbocycles. The lowest BCUT2D eigenvalue weighted by atomic mass is 10.1. The van der Waals surface area contributed by atoms with Gasteiger partial charge in [0, 0.05) is 32.5 Å². The third-order valence-corrected chi connectivity index (χ3v) is 6.44. The molecule has 10 heteroatoms. The summed E-state index contributed by atoms with van der Waals surface area (Å²) in [6, 6.07) is 7.74. The number of aliphatic imine (C=N–C) groups is 1. The second-order valence-electron chi connectivity index (χ2n) is 6.85. The molecule has 0 radical (unpaired) electrons. The minimum Gasteiger partial charge on any atom is -0.488 e. The van der Waals surface area contributed by atoms with Gasteiger partial charge in [0.2, 0.25) is 5.91 Å². The van der Waals surface area contributed by atoms with E-state index in [1.165, 1.54) is 5.56 Å². The van der Waals surface area contributed by atoms with Gasteiger partial charge in [-0.15, -0.1) is 24.0 Å². The van der Waals surface area contributed by atoms with Gasteiger partial charge in [-0.25, -0.2) is 8.42 Å². The van der Waals surface area contributed by atoms with Crippen molar-refractivity contribution in [3.8, 4) is 5.75 Å². The normalized spacial score (nSPS) is 22.5. The monoisotopic (exact) mass is 522 g/mol. The number of benzene rings is 1. The lowest BCUT2D eigenvalue weighted by Gasteiger charge is -2.16. The Labute approximate surface area is 182 Å². The zero-order valence-electron chi connectivity index (χ0n) is 15.8. The quantitative estimate of drug-likeness (QED) is 0.285. The number of carbonyl (C=O) groups excluding carboxylic acids is 1. The van der Waals surface area contributed by atoms with Crippen molar-refractivity contribution in [1.29, 1.82) is 0 Å². The lowest BCUT2D eigenvalue weighted by molar-refractivity contribution is -0.121. The topological polar surface area (TPSA) is 109 Å². The molecule has 8 nitrogen and oxygen atoms in total. The van der Waals surface area contributed by atoms with Gasteiger partial charge in [-0.2, -0.15) is 0 Å². The highest BCUT2D eigenvalue weighted by atomic mass is 127. The number of halogens is 1. The number of sulfone groups is 1. The van der Waals surface area contributed by atoms with Crippen molar-refractivity contribution < 1.29 is 17.9 Å². The highest BCUT2D eigenvalue weighted by molar-refractivity contribution is 14.0. The molecule has 2 atom stereocenters. The highest BCUT2D eigenvalue weighted by Gasteiger charge is 2.28. The Bertz CT molecular complexity index is 791. The van der Waals surface area contributed by atoms with Crippen LogP contribution in [0.2, 0.25) is 0 Å². The summed E-state index contributed by atoms with van der Waals surface area (Å²) in [5.74, 6) is 1.57. The molecule has 1 fully saturated rings. The van der Waals surface area contributed by atoms with E-state index in [9.17, 15) is 13.2 Å². The third kappa shape index (κ3) is 6.50. The number of hydrogen-bond donors (Lipinski definition) is 3.